The van der Waals surface area contributed by atoms with Crippen molar-refractivity contribution in [1.82, 2.24) is 9.97 Å². The Hall–Kier alpha value is -1.79. The largest absolute Gasteiger partial charge is 0.384 e. The highest BCUT2D eigenvalue weighted by atomic mass is 35.5. The number of carbonyl (C=O) groups excluding carboxylic acids is 1. The van der Waals surface area contributed by atoms with Gasteiger partial charge in [-0.05, 0) is 25.1 Å². The van der Waals surface area contributed by atoms with Gasteiger partial charge in [-0.2, -0.15) is 0 Å². The van der Waals surface area contributed by atoms with Crippen LogP contribution in [0.25, 0.3) is 0 Å². The first-order chi connectivity index (χ1) is 9.52. The van der Waals surface area contributed by atoms with Crippen LogP contribution in [-0.2, 0) is 4.79 Å². The van der Waals surface area contributed by atoms with E-state index in [-0.39, 0.29) is 11.7 Å². The predicted molar refractivity (Wildman–Crippen MR) is 82.0 cm³/mol. The van der Waals surface area contributed by atoms with E-state index in [1.54, 1.807) is 30.3 Å². The van der Waals surface area contributed by atoms with Crippen molar-refractivity contribution in [3.63, 3.8) is 0 Å². The van der Waals surface area contributed by atoms with Gasteiger partial charge in [0, 0.05) is 22.5 Å². The molecule has 5 nitrogen and oxygen atoms in total. The second kappa shape index (κ2) is 6.58. The molecule has 0 aliphatic carbocycles. The first-order valence-electron chi connectivity index (χ1n) is 5.82. The fraction of sp³-hybridized carbons (Fsp3) is 0.154. The molecule has 0 spiro atoms. The maximum Gasteiger partial charge on any atom is 0.234 e. The van der Waals surface area contributed by atoms with Crippen molar-refractivity contribution in [2.75, 3.05) is 16.8 Å². The quantitative estimate of drug-likeness (QED) is 0.670. The molecule has 0 radical (unpaired) electrons. The molecule has 1 aromatic heterocycles. The summed E-state index contributed by atoms with van der Waals surface area (Å²) in [5, 5.41) is 3.82. The van der Waals surface area contributed by atoms with E-state index in [2.05, 4.69) is 15.3 Å². The van der Waals surface area contributed by atoms with Gasteiger partial charge >= 0.3 is 0 Å². The Labute approximate surface area is 126 Å². The first-order valence-corrected chi connectivity index (χ1v) is 7.18. The topological polar surface area (TPSA) is 80.9 Å². The van der Waals surface area contributed by atoms with E-state index in [0.717, 1.165) is 5.69 Å². The van der Waals surface area contributed by atoms with E-state index in [1.165, 1.54) is 11.8 Å². The van der Waals surface area contributed by atoms with E-state index in [9.17, 15) is 4.79 Å². The Morgan fingerprint density at radius 2 is 2.20 bits per heavy atom. The van der Waals surface area contributed by atoms with Gasteiger partial charge in [-0.25, -0.2) is 9.97 Å². The van der Waals surface area contributed by atoms with Gasteiger partial charge < -0.3 is 11.1 Å². The average Bonchev–Trinajstić information content (AvgIpc) is 2.35. The summed E-state index contributed by atoms with van der Waals surface area (Å²) in [7, 11) is 0. The maximum absolute atomic E-state index is 11.8. The Kier molecular flexibility index (Phi) is 4.81. The lowest BCUT2D eigenvalue weighted by Gasteiger charge is -2.05. The van der Waals surface area contributed by atoms with Gasteiger partial charge in [0.1, 0.15) is 5.82 Å². The molecule has 2 rings (SSSR count). The number of nitrogens with one attached hydrogen (secondary N) is 1. The highest BCUT2D eigenvalue weighted by Crippen LogP contribution is 2.17. The lowest BCUT2D eigenvalue weighted by Crippen LogP contribution is -2.14. The van der Waals surface area contributed by atoms with Crippen LogP contribution in [0.2, 0.25) is 5.02 Å². The van der Waals surface area contributed by atoms with E-state index in [0.29, 0.717) is 21.7 Å². The van der Waals surface area contributed by atoms with E-state index in [4.69, 9.17) is 17.3 Å². The monoisotopic (exact) mass is 308 g/mol. The molecule has 104 valence electrons. The first kappa shape index (κ1) is 14.6. The number of amides is 1. The van der Waals surface area contributed by atoms with Crippen LogP contribution < -0.4 is 11.1 Å². The highest BCUT2D eigenvalue weighted by molar-refractivity contribution is 7.99. The minimum Gasteiger partial charge on any atom is -0.384 e. The number of nitrogens with two attached hydrogens (primary N) is 1. The van der Waals surface area contributed by atoms with Crippen LogP contribution in [0.15, 0.2) is 35.5 Å². The molecule has 0 aliphatic heterocycles. The number of nitrogen functional groups attached to an aromatic ring is 1. The second-order valence-electron chi connectivity index (χ2n) is 4.06. The van der Waals surface area contributed by atoms with Gasteiger partial charge in [0.2, 0.25) is 5.91 Å². The molecule has 2 aromatic rings. The van der Waals surface area contributed by atoms with Crippen molar-refractivity contribution >= 4 is 40.8 Å². The normalized spacial score (nSPS) is 10.3. The fourth-order valence-corrected chi connectivity index (χ4v) is 2.42. The molecule has 3 N–H and O–H groups in total. The van der Waals surface area contributed by atoms with Crippen molar-refractivity contribution in [2.45, 2.75) is 12.1 Å². The van der Waals surface area contributed by atoms with Gasteiger partial charge in [0.25, 0.3) is 0 Å². The summed E-state index contributed by atoms with van der Waals surface area (Å²) < 4.78 is 0. The molecular weight excluding hydrogens is 296 g/mol. The third kappa shape index (κ3) is 4.40. The number of aryl methyl sites for hydroxylation is 1. The number of halogens is 1. The number of hydrogen-bond acceptors (Lipinski definition) is 5. The van der Waals surface area contributed by atoms with Gasteiger partial charge in [-0.3, -0.25) is 4.79 Å². The minimum absolute atomic E-state index is 0.152. The van der Waals surface area contributed by atoms with E-state index in [1.807, 2.05) is 6.92 Å². The van der Waals surface area contributed by atoms with Crippen LogP contribution in [0, 0.1) is 6.92 Å². The van der Waals surface area contributed by atoms with Crippen LogP contribution in [0.5, 0.6) is 0 Å². The maximum atomic E-state index is 11.8. The molecule has 0 atom stereocenters. The van der Waals surface area contributed by atoms with Crippen LogP contribution in [0.1, 0.15) is 5.69 Å². The zero-order chi connectivity index (χ0) is 14.5. The van der Waals surface area contributed by atoms with Gasteiger partial charge in [-0.1, -0.05) is 29.4 Å². The molecule has 0 saturated heterocycles. The van der Waals surface area contributed by atoms with Crippen molar-refractivity contribution in [2.24, 2.45) is 0 Å². The van der Waals surface area contributed by atoms with Crippen LogP contribution >= 0.6 is 23.4 Å². The highest BCUT2D eigenvalue weighted by Gasteiger charge is 2.07. The smallest absolute Gasteiger partial charge is 0.234 e. The van der Waals surface area contributed by atoms with Crippen molar-refractivity contribution < 1.29 is 4.79 Å². The summed E-state index contributed by atoms with van der Waals surface area (Å²) in [4.78, 5) is 20.1. The Bertz CT molecular complexity index is 615. The van der Waals surface area contributed by atoms with Gasteiger partial charge in [0.05, 0.1) is 5.75 Å². The number of nitrogens with zero attached hydrogens (tertiary/aromatic N) is 2. The van der Waals surface area contributed by atoms with Crippen LogP contribution in [-0.4, -0.2) is 21.6 Å². The van der Waals surface area contributed by atoms with Gasteiger partial charge in [-0.15, -0.1) is 0 Å². The molecule has 20 heavy (non-hydrogen) atoms. The average molecular weight is 309 g/mol. The number of aromatic nitrogens is 2. The lowest BCUT2D eigenvalue weighted by molar-refractivity contribution is -0.113. The third-order valence-corrected chi connectivity index (χ3v) is 3.38. The van der Waals surface area contributed by atoms with Gasteiger partial charge in [0.15, 0.2) is 5.16 Å². The number of carbonyl (C=O) groups is 1. The van der Waals surface area contributed by atoms with Crippen LogP contribution in [0.4, 0.5) is 11.5 Å². The fourth-order valence-electron chi connectivity index (χ4n) is 1.52. The lowest BCUT2D eigenvalue weighted by atomic mass is 10.3. The summed E-state index contributed by atoms with van der Waals surface area (Å²) in [6.07, 6.45) is 0. The molecule has 1 aromatic carbocycles. The number of anilines is 2. The van der Waals surface area contributed by atoms with Crippen molar-refractivity contribution in [3.05, 3.63) is 41.0 Å². The summed E-state index contributed by atoms with van der Waals surface area (Å²) >= 11 is 7.08. The molecule has 1 amide bonds. The minimum atomic E-state index is -0.152. The molecule has 1 heterocycles. The summed E-state index contributed by atoms with van der Waals surface area (Å²) in [6, 6.07) is 8.65. The predicted octanol–water partition coefficient (Wildman–Crippen LogP) is 2.75. The second-order valence-corrected chi connectivity index (χ2v) is 5.44. The molecule has 0 aliphatic rings. The number of hydrogen-bond donors (Lipinski definition) is 2. The SMILES string of the molecule is Cc1cc(N)nc(SCC(=O)Nc2cccc(Cl)c2)n1. The van der Waals surface area contributed by atoms with Crippen LogP contribution in [0.3, 0.4) is 0 Å². The zero-order valence-electron chi connectivity index (χ0n) is 10.8. The van der Waals surface area contributed by atoms with E-state index < -0.39 is 0 Å². The van der Waals surface area contributed by atoms with Crippen molar-refractivity contribution in [3.8, 4) is 0 Å². The molecular formula is C13H13ClN4OS. The molecule has 0 saturated carbocycles. The Balaban J connectivity index is 1.92. The Morgan fingerprint density at radius 3 is 2.90 bits per heavy atom. The molecule has 0 fully saturated rings. The standard InChI is InChI=1S/C13H13ClN4OS/c1-8-5-11(15)18-13(16-8)20-7-12(19)17-10-4-2-3-9(14)6-10/h2-6H,7H2,1H3,(H,17,19)(H2,15,16,18). The summed E-state index contributed by atoms with van der Waals surface area (Å²) in [6.45, 7) is 1.83. The number of rotatable bonds is 4. The van der Waals surface area contributed by atoms with Crippen molar-refractivity contribution in [1.29, 1.82) is 0 Å². The summed E-state index contributed by atoms with van der Waals surface area (Å²) in [5.41, 5.74) is 7.06. The third-order valence-electron chi connectivity index (χ3n) is 2.29. The van der Waals surface area contributed by atoms with E-state index >= 15 is 0 Å². The molecule has 0 unspecified atom stereocenters. The Morgan fingerprint density at radius 1 is 1.40 bits per heavy atom. The molecule has 0 bridgehead atoms. The number of benzene rings is 1. The molecule has 7 heteroatoms. The summed E-state index contributed by atoms with van der Waals surface area (Å²) in [5.74, 6) is 0.450. The zero-order valence-corrected chi connectivity index (χ0v) is 12.3. The number of thioether (sulfide) groups is 1.